The number of halogens is 1. The Kier molecular flexibility index (Phi) is 8.46. The molecule has 2 heterocycles. The Balaban J connectivity index is 1.46. The molecule has 9 nitrogen and oxygen atoms in total. The average molecular weight is 657 g/mol. The quantitative estimate of drug-likeness (QED) is 0.381. The summed E-state index contributed by atoms with van der Waals surface area (Å²) in [4.78, 5) is 27.6. The number of carbonyl (C=O) groups is 2. The van der Waals surface area contributed by atoms with Crippen molar-refractivity contribution in [3.8, 4) is 5.75 Å². The molecule has 0 radical (unpaired) electrons. The number of allylic oxidation sites excluding steroid dienone is 1. The lowest BCUT2D eigenvalue weighted by molar-refractivity contribution is -0.145. The van der Waals surface area contributed by atoms with Gasteiger partial charge in [-0.3, -0.25) is 9.59 Å². The van der Waals surface area contributed by atoms with Crippen LogP contribution in [-0.4, -0.2) is 61.1 Å². The molecule has 2 aliphatic carbocycles. The fraction of sp³-hybridized carbons (Fsp3) is 0.529. The van der Waals surface area contributed by atoms with Gasteiger partial charge in [0.2, 0.25) is 10.0 Å². The molecule has 1 fully saturated rings. The van der Waals surface area contributed by atoms with Gasteiger partial charge in [-0.15, -0.1) is 0 Å². The fourth-order valence-corrected chi connectivity index (χ4v) is 9.28. The number of aryl methyl sites for hydroxylation is 1. The Hall–Kier alpha value is -3.08. The van der Waals surface area contributed by atoms with Crippen molar-refractivity contribution >= 4 is 39.2 Å². The maximum Gasteiger partial charge on any atom is 0.306 e. The second-order valence-corrected chi connectivity index (χ2v) is 16.1. The molecule has 0 saturated heterocycles. The lowest BCUT2D eigenvalue weighted by Gasteiger charge is -2.49. The maximum atomic E-state index is 13.4. The molecule has 2 aromatic carbocycles. The van der Waals surface area contributed by atoms with Crippen molar-refractivity contribution in [2.75, 3.05) is 24.6 Å². The normalized spacial score (nSPS) is 33.4. The lowest BCUT2D eigenvalue weighted by Crippen LogP contribution is -2.53. The monoisotopic (exact) mass is 656 g/mol. The first kappa shape index (κ1) is 31.9. The van der Waals surface area contributed by atoms with Crippen molar-refractivity contribution < 1.29 is 33.0 Å². The van der Waals surface area contributed by atoms with Crippen LogP contribution >= 0.6 is 11.6 Å². The molecule has 1 unspecified atom stereocenters. The number of aliphatic carboxylic acids is 1. The van der Waals surface area contributed by atoms with E-state index in [1.165, 1.54) is 11.1 Å². The first-order valence-corrected chi connectivity index (χ1v) is 17.7. The summed E-state index contributed by atoms with van der Waals surface area (Å²) < 4.78 is 35.3. The molecule has 11 heteroatoms. The summed E-state index contributed by atoms with van der Waals surface area (Å²) in [6.45, 7) is 4.81. The van der Waals surface area contributed by atoms with Gasteiger partial charge < -0.3 is 19.8 Å². The minimum atomic E-state index is -4.04. The van der Waals surface area contributed by atoms with E-state index in [-0.39, 0.29) is 22.8 Å². The summed E-state index contributed by atoms with van der Waals surface area (Å²) >= 11 is 6.38. The molecule has 2 aromatic rings. The van der Waals surface area contributed by atoms with Crippen LogP contribution in [0.4, 0.5) is 5.69 Å². The number of fused-ring (bicyclic) bond motifs is 4. The minimum absolute atomic E-state index is 0.0163. The number of sulfonamides is 1. The number of ether oxygens (including phenoxy) is 1. The second kappa shape index (κ2) is 11.9. The number of carbonyl (C=O) groups excluding carboxylic acids is 1. The SMILES string of the molecule is CC1C/C=C/[C@](O)(CC(=O)O)[C@@H]2CC[C@H]2CN2C[C@@]3(CCCc4cc(Cl)ccc43)COc3ccc(cc32)C(=O)NS(=O)(=O)[C@@H]1C. The van der Waals surface area contributed by atoms with Gasteiger partial charge >= 0.3 is 5.97 Å². The molecule has 2 bridgehead atoms. The molecule has 1 amide bonds. The first-order chi connectivity index (χ1) is 21.3. The number of benzene rings is 2. The molecule has 4 aliphatic rings. The molecular weight excluding hydrogens is 616 g/mol. The van der Waals surface area contributed by atoms with Gasteiger partial charge in [0, 0.05) is 29.1 Å². The molecule has 242 valence electrons. The van der Waals surface area contributed by atoms with Crippen LogP contribution in [0, 0.1) is 17.8 Å². The third-order valence-electron chi connectivity index (χ3n) is 10.7. The van der Waals surface area contributed by atoms with Crippen LogP contribution in [0.1, 0.15) is 73.9 Å². The van der Waals surface area contributed by atoms with Crippen molar-refractivity contribution in [2.24, 2.45) is 17.8 Å². The van der Waals surface area contributed by atoms with Crippen LogP contribution in [0.25, 0.3) is 0 Å². The van der Waals surface area contributed by atoms with Gasteiger partial charge in [0.15, 0.2) is 0 Å². The number of anilines is 1. The molecule has 3 N–H and O–H groups in total. The number of carboxylic acids is 1. The Morgan fingerprint density at radius 3 is 2.71 bits per heavy atom. The van der Waals surface area contributed by atoms with Gasteiger partial charge in [-0.1, -0.05) is 36.7 Å². The standard InChI is InChI=1S/C34H41ClN2O7S/c1-21-5-3-14-34(41,17-31(38)39)28-10-7-25(28)18-37-19-33(13-4-6-23-15-26(35)9-11-27(23)33)20-44-30-12-8-24(16-29(30)37)32(40)36-45(42,43)22(21)2/h3,8-9,11-12,14-16,21-22,25,28,41H,4-7,10,13,17-20H2,1-2H3,(H,36,40)(H,38,39)/b14-3+/t21?,22-,25+,28-,33+,34+/m1/s1. The molecule has 1 saturated carbocycles. The Bertz CT molecular complexity index is 1640. The van der Waals surface area contributed by atoms with Crippen molar-refractivity contribution in [1.82, 2.24) is 4.72 Å². The molecular formula is C34H41ClN2O7S. The smallest absolute Gasteiger partial charge is 0.306 e. The number of nitrogens with one attached hydrogen (secondary N) is 1. The van der Waals surface area contributed by atoms with Gasteiger partial charge in [-0.2, -0.15) is 0 Å². The van der Waals surface area contributed by atoms with Crippen molar-refractivity contribution in [3.05, 3.63) is 70.3 Å². The molecule has 0 aromatic heterocycles. The van der Waals surface area contributed by atoms with E-state index in [0.29, 0.717) is 49.0 Å². The highest BCUT2D eigenvalue weighted by Crippen LogP contribution is 2.49. The maximum absolute atomic E-state index is 13.4. The van der Waals surface area contributed by atoms with Crippen molar-refractivity contribution in [3.63, 3.8) is 0 Å². The fourth-order valence-electron chi connectivity index (χ4n) is 7.81. The van der Waals surface area contributed by atoms with Gasteiger partial charge in [-0.25, -0.2) is 13.1 Å². The number of nitrogens with zero attached hydrogens (tertiary/aromatic N) is 1. The van der Waals surface area contributed by atoms with E-state index >= 15 is 0 Å². The lowest BCUT2D eigenvalue weighted by atomic mass is 9.63. The van der Waals surface area contributed by atoms with Crippen LogP contribution in [0.3, 0.4) is 0 Å². The van der Waals surface area contributed by atoms with E-state index in [2.05, 4.69) is 15.7 Å². The van der Waals surface area contributed by atoms with E-state index in [0.717, 1.165) is 25.7 Å². The number of carboxylic acid groups (broad SMARTS) is 1. The molecule has 6 rings (SSSR count). The number of hydrogen-bond acceptors (Lipinski definition) is 7. The zero-order valence-corrected chi connectivity index (χ0v) is 27.2. The van der Waals surface area contributed by atoms with Crippen molar-refractivity contribution in [1.29, 1.82) is 0 Å². The second-order valence-electron chi connectivity index (χ2n) is 13.6. The number of aliphatic hydroxyl groups is 1. The summed E-state index contributed by atoms with van der Waals surface area (Å²) in [5.41, 5.74) is 1.30. The summed E-state index contributed by atoms with van der Waals surface area (Å²) in [5.74, 6) is -1.92. The van der Waals surface area contributed by atoms with Crippen LogP contribution < -0.4 is 14.4 Å². The third kappa shape index (κ3) is 6.09. The topological polar surface area (TPSA) is 133 Å². The zero-order valence-electron chi connectivity index (χ0n) is 25.7. The summed E-state index contributed by atoms with van der Waals surface area (Å²) in [6, 6.07) is 11.0. The summed E-state index contributed by atoms with van der Waals surface area (Å²) in [7, 11) is -4.04. The summed E-state index contributed by atoms with van der Waals surface area (Å²) in [6.07, 6.45) is 7.37. The summed E-state index contributed by atoms with van der Waals surface area (Å²) in [5, 5.41) is 21.4. The van der Waals surface area contributed by atoms with Crippen molar-refractivity contribution in [2.45, 2.75) is 75.1 Å². The number of amides is 1. The largest absolute Gasteiger partial charge is 0.490 e. The van der Waals surface area contributed by atoms with E-state index in [9.17, 15) is 28.2 Å². The van der Waals surface area contributed by atoms with Crippen LogP contribution in [0.2, 0.25) is 5.02 Å². The zero-order chi connectivity index (χ0) is 32.1. The van der Waals surface area contributed by atoms with Gasteiger partial charge in [0.05, 0.1) is 29.6 Å². The Morgan fingerprint density at radius 1 is 1.18 bits per heavy atom. The van der Waals surface area contributed by atoms with E-state index in [1.807, 2.05) is 12.1 Å². The van der Waals surface area contributed by atoms with Gasteiger partial charge in [-0.05, 0) is 105 Å². The molecule has 1 spiro atoms. The molecule has 2 aliphatic heterocycles. The highest BCUT2D eigenvalue weighted by molar-refractivity contribution is 7.90. The Labute approximate surface area is 269 Å². The predicted molar refractivity (Wildman–Crippen MR) is 172 cm³/mol. The highest BCUT2D eigenvalue weighted by atomic mass is 35.5. The number of rotatable bonds is 2. The molecule has 45 heavy (non-hydrogen) atoms. The highest BCUT2D eigenvalue weighted by Gasteiger charge is 2.49. The number of hydrogen-bond donors (Lipinski definition) is 3. The van der Waals surface area contributed by atoms with E-state index in [1.54, 1.807) is 44.2 Å². The van der Waals surface area contributed by atoms with Gasteiger partial charge in [0.25, 0.3) is 5.91 Å². The average Bonchev–Trinajstić information content (AvgIpc) is 3.10. The Morgan fingerprint density at radius 2 is 1.98 bits per heavy atom. The van der Waals surface area contributed by atoms with E-state index < -0.39 is 45.1 Å². The third-order valence-corrected chi connectivity index (χ3v) is 12.8. The first-order valence-electron chi connectivity index (χ1n) is 15.8. The van der Waals surface area contributed by atoms with Gasteiger partial charge in [0.1, 0.15) is 5.75 Å². The molecule has 6 atom stereocenters. The van der Waals surface area contributed by atoms with Crippen LogP contribution in [-0.2, 0) is 26.7 Å². The van der Waals surface area contributed by atoms with E-state index in [4.69, 9.17) is 16.3 Å². The minimum Gasteiger partial charge on any atom is -0.490 e. The van der Waals surface area contributed by atoms with Crippen LogP contribution in [0.5, 0.6) is 5.75 Å². The predicted octanol–water partition coefficient (Wildman–Crippen LogP) is 5.09. The van der Waals surface area contributed by atoms with Crippen LogP contribution in [0.15, 0.2) is 48.6 Å².